The molecule has 0 fully saturated rings. The molecule has 0 N–H and O–H groups in total. The number of halogens is 2. The number of nitro groups is 1. The molecule has 0 saturated carbocycles. The Kier molecular flexibility index (Phi) is 3.65. The second-order valence-corrected chi connectivity index (χ2v) is 3.73. The average Bonchev–Trinajstić information content (AvgIpc) is 2.16. The lowest BCUT2D eigenvalue weighted by Crippen LogP contribution is -1.98. The predicted molar refractivity (Wildman–Crippen MR) is 57.5 cm³/mol. The summed E-state index contributed by atoms with van der Waals surface area (Å²) in [5.74, 6) is 0.187. The third-order valence-electron chi connectivity index (χ3n) is 1.68. The second-order valence-electron chi connectivity index (χ2n) is 2.53. The number of ether oxygens (including phenoxy) is 1. The first-order chi connectivity index (χ1) is 6.97. The van der Waals surface area contributed by atoms with E-state index in [1.807, 2.05) is 0 Å². The molecule has 0 aromatic heterocycles. The van der Waals surface area contributed by atoms with Crippen LogP contribution < -0.4 is 4.74 Å². The lowest BCUT2D eigenvalue weighted by Gasteiger charge is -2.05. The van der Waals surface area contributed by atoms with Gasteiger partial charge in [-0.2, -0.15) is 0 Å². The minimum absolute atomic E-state index is 0.0333. The summed E-state index contributed by atoms with van der Waals surface area (Å²) in [6.45, 7) is 0. The number of hydrogen-bond donors (Lipinski definition) is 0. The Hall–Kier alpha value is -1.14. The minimum Gasteiger partial charge on any atom is -0.496 e. The molecule has 0 amide bonds. The average molecular weight is 294 g/mol. The first-order valence-electron chi connectivity index (χ1n) is 3.69. The topological polar surface area (TPSA) is 69.4 Å². The molecule has 0 unspecified atom stereocenters. The van der Waals surface area contributed by atoms with E-state index in [0.29, 0.717) is 0 Å². The van der Waals surface area contributed by atoms with Gasteiger partial charge in [-0.15, -0.1) is 0 Å². The molecule has 15 heavy (non-hydrogen) atoms. The van der Waals surface area contributed by atoms with Gasteiger partial charge in [-0.1, -0.05) is 0 Å². The van der Waals surface area contributed by atoms with E-state index in [9.17, 15) is 14.9 Å². The van der Waals surface area contributed by atoms with Crippen LogP contribution in [0.5, 0.6) is 5.75 Å². The van der Waals surface area contributed by atoms with E-state index in [1.54, 1.807) is 0 Å². The number of carbonyl (C=O) groups is 1. The van der Waals surface area contributed by atoms with Crippen LogP contribution in [0, 0.1) is 10.1 Å². The van der Waals surface area contributed by atoms with Gasteiger partial charge >= 0.3 is 0 Å². The largest absolute Gasteiger partial charge is 0.496 e. The fraction of sp³-hybridized carbons (Fsp3) is 0.125. The molecular weight excluding hydrogens is 289 g/mol. The maximum atomic E-state index is 11.0. The Bertz CT molecular complexity index is 435. The predicted octanol–water partition coefficient (Wildman–Crippen LogP) is 2.74. The van der Waals surface area contributed by atoms with Gasteiger partial charge in [-0.25, -0.2) is 0 Å². The molecule has 5 nitrogen and oxygen atoms in total. The van der Waals surface area contributed by atoms with Gasteiger partial charge < -0.3 is 4.74 Å². The lowest BCUT2D eigenvalue weighted by molar-refractivity contribution is -0.385. The smallest absolute Gasteiger partial charge is 0.284 e. The van der Waals surface area contributed by atoms with Crippen LogP contribution in [-0.4, -0.2) is 17.3 Å². The van der Waals surface area contributed by atoms with Crippen LogP contribution in [0.4, 0.5) is 5.69 Å². The van der Waals surface area contributed by atoms with Crippen molar-refractivity contribution in [2.45, 2.75) is 0 Å². The standard InChI is InChI=1S/C8H5BrClNO4/c1-15-7-3-5(9)6(11(13)14)2-4(7)8(10)12/h2-3H,1H3. The summed E-state index contributed by atoms with van der Waals surface area (Å²) in [6, 6.07) is 2.39. The fourth-order valence-electron chi connectivity index (χ4n) is 1.01. The third kappa shape index (κ3) is 2.45. The van der Waals surface area contributed by atoms with Gasteiger partial charge in [0.15, 0.2) is 0 Å². The molecule has 0 aliphatic heterocycles. The maximum absolute atomic E-state index is 11.0. The summed E-state index contributed by atoms with van der Waals surface area (Å²) in [4.78, 5) is 20.9. The van der Waals surface area contributed by atoms with E-state index in [1.165, 1.54) is 13.2 Å². The summed E-state index contributed by atoms with van der Waals surface area (Å²) in [6.07, 6.45) is 0. The van der Waals surface area contributed by atoms with Crippen molar-refractivity contribution in [1.82, 2.24) is 0 Å². The minimum atomic E-state index is -0.803. The van der Waals surface area contributed by atoms with Crippen molar-refractivity contribution >= 4 is 38.5 Å². The highest BCUT2D eigenvalue weighted by Crippen LogP contribution is 2.33. The van der Waals surface area contributed by atoms with Gasteiger partial charge in [-0.05, 0) is 27.5 Å². The molecule has 1 aromatic carbocycles. The summed E-state index contributed by atoms with van der Waals surface area (Å²) in [7, 11) is 1.34. The van der Waals surface area contributed by atoms with E-state index in [-0.39, 0.29) is 21.5 Å². The Balaban J connectivity index is 3.43. The van der Waals surface area contributed by atoms with Gasteiger partial charge in [0.2, 0.25) is 0 Å². The highest BCUT2D eigenvalue weighted by Gasteiger charge is 2.20. The number of nitrogens with zero attached hydrogens (tertiary/aromatic N) is 1. The first-order valence-corrected chi connectivity index (χ1v) is 4.86. The molecule has 0 saturated heterocycles. The molecule has 0 heterocycles. The molecule has 0 spiro atoms. The number of rotatable bonds is 3. The van der Waals surface area contributed by atoms with Crippen LogP contribution in [0.25, 0.3) is 0 Å². The molecule has 0 aliphatic rings. The molecule has 80 valence electrons. The monoisotopic (exact) mass is 293 g/mol. The maximum Gasteiger partial charge on any atom is 0.284 e. The number of carbonyl (C=O) groups excluding carboxylic acids is 1. The molecule has 0 atom stereocenters. The van der Waals surface area contributed by atoms with Crippen LogP contribution >= 0.6 is 27.5 Å². The normalized spacial score (nSPS) is 9.80. The molecular formula is C8H5BrClNO4. The van der Waals surface area contributed by atoms with Crippen molar-refractivity contribution in [2.24, 2.45) is 0 Å². The van der Waals surface area contributed by atoms with Crippen molar-refractivity contribution in [3.05, 3.63) is 32.3 Å². The van der Waals surface area contributed by atoms with Crippen molar-refractivity contribution in [3.8, 4) is 5.75 Å². The van der Waals surface area contributed by atoms with E-state index >= 15 is 0 Å². The van der Waals surface area contributed by atoms with Crippen LogP contribution in [0.1, 0.15) is 10.4 Å². The summed E-state index contributed by atoms with van der Waals surface area (Å²) < 4.78 is 5.09. The first kappa shape index (κ1) is 11.9. The number of nitro benzene ring substituents is 1. The SMILES string of the molecule is COc1cc(Br)c([N+](=O)[O-])cc1C(=O)Cl. The quantitative estimate of drug-likeness (QED) is 0.488. The summed E-state index contributed by atoms with van der Waals surface area (Å²) >= 11 is 8.26. The fourth-order valence-corrected chi connectivity index (χ4v) is 1.62. The molecule has 7 heteroatoms. The Labute approximate surface area is 98.3 Å². The van der Waals surface area contributed by atoms with Crippen LogP contribution in [0.15, 0.2) is 16.6 Å². The van der Waals surface area contributed by atoms with E-state index in [4.69, 9.17) is 16.3 Å². The molecule has 0 aliphatic carbocycles. The second kappa shape index (κ2) is 4.59. The van der Waals surface area contributed by atoms with Gasteiger partial charge in [0.1, 0.15) is 5.75 Å². The zero-order valence-corrected chi connectivity index (χ0v) is 9.83. The van der Waals surface area contributed by atoms with Crippen molar-refractivity contribution < 1.29 is 14.5 Å². The molecule has 1 rings (SSSR count). The van der Waals surface area contributed by atoms with Crippen molar-refractivity contribution in [2.75, 3.05) is 7.11 Å². The molecule has 0 radical (unpaired) electrons. The third-order valence-corrected chi connectivity index (χ3v) is 2.52. The van der Waals surface area contributed by atoms with Crippen LogP contribution in [-0.2, 0) is 0 Å². The van der Waals surface area contributed by atoms with Crippen LogP contribution in [0.3, 0.4) is 0 Å². The van der Waals surface area contributed by atoms with Gasteiger partial charge in [0, 0.05) is 12.1 Å². The van der Waals surface area contributed by atoms with Crippen molar-refractivity contribution in [1.29, 1.82) is 0 Å². The number of hydrogen-bond acceptors (Lipinski definition) is 4. The van der Waals surface area contributed by atoms with E-state index in [0.717, 1.165) is 6.07 Å². The van der Waals surface area contributed by atoms with Gasteiger partial charge in [0.25, 0.3) is 10.9 Å². The van der Waals surface area contributed by atoms with Crippen LogP contribution in [0.2, 0.25) is 0 Å². The van der Waals surface area contributed by atoms with Crippen molar-refractivity contribution in [3.63, 3.8) is 0 Å². The highest BCUT2D eigenvalue weighted by molar-refractivity contribution is 9.10. The Morgan fingerprint density at radius 2 is 2.20 bits per heavy atom. The highest BCUT2D eigenvalue weighted by atomic mass is 79.9. The Morgan fingerprint density at radius 1 is 1.60 bits per heavy atom. The summed E-state index contributed by atoms with van der Waals surface area (Å²) in [5.41, 5.74) is -0.270. The molecule has 0 bridgehead atoms. The van der Waals surface area contributed by atoms with E-state index < -0.39 is 10.2 Å². The summed E-state index contributed by atoms with van der Waals surface area (Å²) in [5, 5.41) is 9.77. The van der Waals surface area contributed by atoms with Gasteiger partial charge in [0.05, 0.1) is 22.1 Å². The molecule has 1 aromatic rings. The van der Waals surface area contributed by atoms with E-state index in [2.05, 4.69) is 15.9 Å². The lowest BCUT2D eigenvalue weighted by atomic mass is 10.2. The van der Waals surface area contributed by atoms with Gasteiger partial charge in [-0.3, -0.25) is 14.9 Å². The Morgan fingerprint density at radius 3 is 2.60 bits per heavy atom. The zero-order valence-electron chi connectivity index (χ0n) is 7.49. The zero-order chi connectivity index (χ0) is 11.6. The number of methoxy groups -OCH3 is 1. The number of benzene rings is 1.